The van der Waals surface area contributed by atoms with E-state index in [1.807, 2.05) is 0 Å². The van der Waals surface area contributed by atoms with Crippen molar-refractivity contribution in [3.63, 3.8) is 0 Å². The molecule has 1 aliphatic rings. The summed E-state index contributed by atoms with van der Waals surface area (Å²) in [6, 6.07) is 14.4. The number of hydrogen-bond donors (Lipinski definition) is 1. The van der Waals surface area contributed by atoms with Gasteiger partial charge in [-0.3, -0.25) is 34.6 Å². The first-order valence-corrected chi connectivity index (χ1v) is 10.8. The number of aryl methyl sites for hydroxylation is 1. The summed E-state index contributed by atoms with van der Waals surface area (Å²) in [6.45, 7) is 1.60. The van der Waals surface area contributed by atoms with Crippen molar-refractivity contribution in [2.75, 3.05) is 5.32 Å². The van der Waals surface area contributed by atoms with Gasteiger partial charge < -0.3 is 10.1 Å². The molecule has 12 heteroatoms. The molecule has 4 rings (SSSR count). The summed E-state index contributed by atoms with van der Waals surface area (Å²) in [5.74, 6) is -6.45. The molecule has 1 N–H and O–H groups in total. The highest BCUT2D eigenvalue weighted by atomic mass is 16.6. The molecule has 186 valence electrons. The number of non-ortho nitro benzene ring substituents is 1. The number of amides is 1. The second-order valence-corrected chi connectivity index (χ2v) is 8.16. The summed E-state index contributed by atoms with van der Waals surface area (Å²) in [5, 5.41) is 24.8. The molecule has 0 fully saturated rings. The van der Waals surface area contributed by atoms with Crippen LogP contribution in [0.4, 0.5) is 17.1 Å². The fraction of sp³-hybridized carbons (Fsp3) is 0.120. The summed E-state index contributed by atoms with van der Waals surface area (Å²) in [4.78, 5) is 73.5. The Hall–Kier alpha value is -5.26. The molecule has 3 aromatic carbocycles. The lowest BCUT2D eigenvalue weighted by atomic mass is 9.84. The second kappa shape index (κ2) is 9.77. The molecule has 2 atom stereocenters. The lowest BCUT2D eigenvalue weighted by molar-refractivity contribution is -0.384. The van der Waals surface area contributed by atoms with E-state index in [0.29, 0.717) is 5.56 Å². The van der Waals surface area contributed by atoms with Crippen molar-refractivity contribution in [1.82, 2.24) is 0 Å². The van der Waals surface area contributed by atoms with E-state index >= 15 is 0 Å². The number of nitro groups is 2. The number of anilines is 1. The predicted octanol–water partition coefficient (Wildman–Crippen LogP) is 3.73. The smallest absolute Gasteiger partial charge is 0.339 e. The van der Waals surface area contributed by atoms with Gasteiger partial charge in [-0.05, 0) is 24.6 Å². The lowest BCUT2D eigenvalue weighted by Crippen LogP contribution is -2.38. The van der Waals surface area contributed by atoms with E-state index in [4.69, 9.17) is 4.74 Å². The van der Waals surface area contributed by atoms with Crippen molar-refractivity contribution in [3.8, 4) is 0 Å². The molecule has 1 amide bonds. The minimum absolute atomic E-state index is 0.0896. The molecule has 12 nitrogen and oxygen atoms in total. The number of hydrogen-bond acceptors (Lipinski definition) is 9. The molecular weight excluding hydrogens is 486 g/mol. The van der Waals surface area contributed by atoms with Crippen LogP contribution in [0.3, 0.4) is 0 Å². The highest BCUT2D eigenvalue weighted by Gasteiger charge is 2.46. The Labute approximate surface area is 208 Å². The Morgan fingerprint density at radius 1 is 0.946 bits per heavy atom. The SMILES string of the molecule is Cc1ccc(NC(=O)C(=O)[C@H](C(=O)c2cccc([N+](=O)[O-])c2)[C@H]2OC(=O)c3ccccc32)c([N+](=O)[O-])c1. The van der Waals surface area contributed by atoms with Crippen LogP contribution in [-0.2, 0) is 14.3 Å². The average molecular weight is 503 g/mol. The number of nitrogens with one attached hydrogen (secondary N) is 1. The van der Waals surface area contributed by atoms with E-state index in [1.54, 1.807) is 19.1 Å². The second-order valence-electron chi connectivity index (χ2n) is 8.16. The molecule has 37 heavy (non-hydrogen) atoms. The molecule has 0 unspecified atom stereocenters. The summed E-state index contributed by atoms with van der Waals surface area (Å²) in [5.41, 5.74) is -0.642. The summed E-state index contributed by atoms with van der Waals surface area (Å²) in [7, 11) is 0. The molecule has 0 aliphatic carbocycles. The third kappa shape index (κ3) is 4.80. The van der Waals surface area contributed by atoms with Gasteiger partial charge in [-0.15, -0.1) is 0 Å². The van der Waals surface area contributed by atoms with E-state index in [1.165, 1.54) is 42.5 Å². The van der Waals surface area contributed by atoms with Gasteiger partial charge in [0.05, 0.1) is 15.4 Å². The zero-order chi connectivity index (χ0) is 26.9. The maximum Gasteiger partial charge on any atom is 0.339 e. The van der Waals surface area contributed by atoms with Gasteiger partial charge in [0.15, 0.2) is 5.78 Å². The lowest BCUT2D eigenvalue weighted by Gasteiger charge is -2.21. The Morgan fingerprint density at radius 3 is 2.38 bits per heavy atom. The Bertz CT molecular complexity index is 1500. The van der Waals surface area contributed by atoms with Gasteiger partial charge >= 0.3 is 5.97 Å². The van der Waals surface area contributed by atoms with Crippen molar-refractivity contribution in [2.45, 2.75) is 13.0 Å². The third-order valence-corrected chi connectivity index (χ3v) is 5.75. The van der Waals surface area contributed by atoms with E-state index in [0.717, 1.165) is 12.1 Å². The molecule has 3 aromatic rings. The van der Waals surface area contributed by atoms with Crippen molar-refractivity contribution in [3.05, 3.63) is 109 Å². The van der Waals surface area contributed by atoms with Crippen LogP contribution in [0.1, 0.15) is 37.9 Å². The Morgan fingerprint density at radius 2 is 1.68 bits per heavy atom. The van der Waals surface area contributed by atoms with E-state index in [-0.39, 0.29) is 22.4 Å². The normalized spacial score (nSPS) is 14.7. The molecule has 0 saturated carbocycles. The quantitative estimate of drug-likeness (QED) is 0.120. The monoisotopic (exact) mass is 503 g/mol. The van der Waals surface area contributed by atoms with Crippen molar-refractivity contribution in [2.24, 2.45) is 5.92 Å². The van der Waals surface area contributed by atoms with Crippen molar-refractivity contribution >= 4 is 40.5 Å². The van der Waals surface area contributed by atoms with E-state index < -0.39 is 56.7 Å². The summed E-state index contributed by atoms with van der Waals surface area (Å²) >= 11 is 0. The van der Waals surface area contributed by atoms with Crippen molar-refractivity contribution in [1.29, 1.82) is 0 Å². The highest BCUT2D eigenvalue weighted by molar-refractivity contribution is 6.45. The van der Waals surface area contributed by atoms with Crippen LogP contribution >= 0.6 is 0 Å². The predicted molar refractivity (Wildman–Crippen MR) is 127 cm³/mol. The van der Waals surface area contributed by atoms with Gasteiger partial charge in [0.2, 0.25) is 5.78 Å². The van der Waals surface area contributed by atoms with Gasteiger partial charge in [-0.25, -0.2) is 4.79 Å². The van der Waals surface area contributed by atoms with Crippen LogP contribution in [0.25, 0.3) is 0 Å². The number of ether oxygens (including phenoxy) is 1. The first-order valence-electron chi connectivity index (χ1n) is 10.8. The van der Waals surface area contributed by atoms with Crippen LogP contribution in [0.5, 0.6) is 0 Å². The number of rotatable bonds is 8. The molecule has 0 saturated heterocycles. The number of nitrogens with zero attached hydrogens (tertiary/aromatic N) is 2. The van der Waals surface area contributed by atoms with Crippen LogP contribution in [0.2, 0.25) is 0 Å². The molecule has 0 radical (unpaired) electrons. The average Bonchev–Trinajstić information content (AvgIpc) is 3.21. The molecule has 0 bridgehead atoms. The zero-order valence-electron chi connectivity index (χ0n) is 19.1. The Balaban J connectivity index is 1.75. The topological polar surface area (TPSA) is 176 Å². The first kappa shape index (κ1) is 24.9. The molecular formula is C25H17N3O9. The molecule has 0 spiro atoms. The van der Waals surface area contributed by atoms with Gasteiger partial charge in [0.25, 0.3) is 17.3 Å². The van der Waals surface area contributed by atoms with E-state index in [2.05, 4.69) is 5.32 Å². The molecule has 1 heterocycles. The minimum Gasteiger partial charge on any atom is -0.453 e. The van der Waals surface area contributed by atoms with Crippen LogP contribution in [-0.4, -0.2) is 33.3 Å². The zero-order valence-corrected chi connectivity index (χ0v) is 19.1. The summed E-state index contributed by atoms with van der Waals surface area (Å²) in [6.07, 6.45) is -1.50. The largest absolute Gasteiger partial charge is 0.453 e. The highest BCUT2D eigenvalue weighted by Crippen LogP contribution is 2.38. The minimum atomic E-state index is -1.92. The third-order valence-electron chi connectivity index (χ3n) is 5.75. The van der Waals surface area contributed by atoms with Gasteiger partial charge in [0.1, 0.15) is 17.7 Å². The number of cyclic esters (lactones) is 1. The van der Waals surface area contributed by atoms with Gasteiger partial charge in [-0.1, -0.05) is 36.4 Å². The number of Topliss-reactive ketones (excluding diaryl/α,β-unsaturated/α-hetero) is 2. The fourth-order valence-corrected chi connectivity index (χ4v) is 3.99. The van der Waals surface area contributed by atoms with Gasteiger partial charge in [-0.2, -0.15) is 0 Å². The van der Waals surface area contributed by atoms with Crippen LogP contribution < -0.4 is 5.32 Å². The van der Waals surface area contributed by atoms with Gasteiger partial charge in [0, 0.05) is 29.3 Å². The van der Waals surface area contributed by atoms with E-state index in [9.17, 15) is 39.4 Å². The number of ketones is 2. The molecule has 0 aromatic heterocycles. The maximum atomic E-state index is 13.5. The first-order chi connectivity index (χ1) is 17.6. The Kier molecular flexibility index (Phi) is 6.57. The van der Waals surface area contributed by atoms with Crippen LogP contribution in [0, 0.1) is 33.1 Å². The standard InChI is InChI=1S/C25H17N3O9/c1-13-9-10-18(19(11-13)28(35)36)26-24(31)22(30)20(21(29)14-5-4-6-15(12-14)27(33)34)23-16-7-2-3-8-17(16)25(32)37-23/h2-12,20,23H,1H3,(H,26,31)/t20-,23-/m0/s1. The summed E-state index contributed by atoms with van der Waals surface area (Å²) < 4.78 is 5.31. The number of esters is 1. The number of carbonyl (C=O) groups is 4. The number of carbonyl (C=O) groups excluding carboxylic acids is 4. The fourth-order valence-electron chi connectivity index (χ4n) is 3.99. The van der Waals surface area contributed by atoms with Crippen LogP contribution in [0.15, 0.2) is 66.7 Å². The maximum absolute atomic E-state index is 13.5. The number of fused-ring (bicyclic) bond motifs is 1. The number of nitro benzene ring substituents is 2. The number of benzene rings is 3. The van der Waals surface area contributed by atoms with Crippen molar-refractivity contribution < 1.29 is 33.8 Å². The molecule has 1 aliphatic heterocycles.